The molecule has 2 N–H and O–H groups in total. The zero-order valence-corrected chi connectivity index (χ0v) is 12.3. The summed E-state index contributed by atoms with van der Waals surface area (Å²) in [7, 11) is 0. The van der Waals surface area contributed by atoms with Gasteiger partial charge in [0.15, 0.2) is 5.11 Å². The number of aryl methyl sites for hydroxylation is 1. The van der Waals surface area contributed by atoms with Crippen LogP contribution in [0.1, 0.15) is 11.1 Å². The Labute approximate surface area is 128 Å². The highest BCUT2D eigenvalue weighted by Crippen LogP contribution is 2.12. The largest absolute Gasteiger partial charge is 0.330 e. The molecule has 0 spiro atoms. The molecule has 3 nitrogen and oxygen atoms in total. The fourth-order valence-corrected chi connectivity index (χ4v) is 2.09. The maximum Gasteiger partial charge on any atom is 0.230 e. The van der Waals surface area contributed by atoms with Crippen molar-refractivity contribution in [2.24, 2.45) is 0 Å². The summed E-state index contributed by atoms with van der Waals surface area (Å²) >= 11 is 5.01. The predicted octanol–water partition coefficient (Wildman–Crippen LogP) is 3.19. The van der Waals surface area contributed by atoms with Gasteiger partial charge in [-0.05, 0) is 42.4 Å². The van der Waals surface area contributed by atoms with E-state index in [9.17, 15) is 9.18 Å². The number of nitrogens with one attached hydrogen (secondary N) is 2. The molecule has 108 valence electrons. The van der Waals surface area contributed by atoms with Crippen molar-refractivity contribution in [2.45, 2.75) is 13.3 Å². The minimum atomic E-state index is -0.423. The molecule has 21 heavy (non-hydrogen) atoms. The van der Waals surface area contributed by atoms with Crippen LogP contribution in [0.25, 0.3) is 0 Å². The van der Waals surface area contributed by atoms with Gasteiger partial charge in [-0.2, -0.15) is 0 Å². The first-order chi connectivity index (χ1) is 10.1. The molecular formula is C16H15FN2OS. The molecule has 0 bridgehead atoms. The fraction of sp³-hybridized carbons (Fsp3) is 0.125. The van der Waals surface area contributed by atoms with Gasteiger partial charge in [-0.25, -0.2) is 4.39 Å². The molecule has 0 unspecified atom stereocenters. The predicted molar refractivity (Wildman–Crippen MR) is 85.6 cm³/mol. The van der Waals surface area contributed by atoms with Gasteiger partial charge < -0.3 is 10.6 Å². The Morgan fingerprint density at radius 1 is 1.14 bits per heavy atom. The third kappa shape index (κ3) is 4.36. The van der Waals surface area contributed by atoms with Crippen molar-refractivity contribution >= 4 is 28.9 Å². The van der Waals surface area contributed by atoms with Crippen LogP contribution in [0.15, 0.2) is 48.5 Å². The highest BCUT2D eigenvalue weighted by atomic mass is 32.1. The van der Waals surface area contributed by atoms with Crippen molar-refractivity contribution in [3.63, 3.8) is 0 Å². The third-order valence-electron chi connectivity index (χ3n) is 2.99. The van der Waals surface area contributed by atoms with Gasteiger partial charge >= 0.3 is 0 Å². The molecule has 0 aliphatic heterocycles. The zero-order chi connectivity index (χ0) is 15.2. The standard InChI is InChI=1S/C16H15FN2OS/c1-11-6-2-3-7-12(11)10-15(20)19-16(21)18-14-9-5-4-8-13(14)17/h2-9H,10H2,1H3,(H2,18,19,20,21). The van der Waals surface area contributed by atoms with Gasteiger partial charge in [0.2, 0.25) is 5.91 Å². The van der Waals surface area contributed by atoms with E-state index in [0.717, 1.165) is 11.1 Å². The van der Waals surface area contributed by atoms with E-state index in [-0.39, 0.29) is 23.1 Å². The lowest BCUT2D eigenvalue weighted by atomic mass is 10.1. The zero-order valence-electron chi connectivity index (χ0n) is 11.5. The molecule has 2 aromatic rings. The Kier molecular flexibility index (Phi) is 5.00. The first-order valence-electron chi connectivity index (χ1n) is 6.46. The summed E-state index contributed by atoms with van der Waals surface area (Å²) in [6.45, 7) is 1.94. The van der Waals surface area contributed by atoms with Crippen LogP contribution in [0.5, 0.6) is 0 Å². The van der Waals surface area contributed by atoms with Crippen LogP contribution in [0.2, 0.25) is 0 Å². The molecule has 0 atom stereocenters. The maximum atomic E-state index is 13.5. The van der Waals surface area contributed by atoms with E-state index >= 15 is 0 Å². The van der Waals surface area contributed by atoms with E-state index < -0.39 is 5.82 Å². The second kappa shape index (κ2) is 6.95. The van der Waals surface area contributed by atoms with Crippen molar-refractivity contribution in [1.29, 1.82) is 0 Å². The Bertz CT molecular complexity index is 615. The Morgan fingerprint density at radius 2 is 1.81 bits per heavy atom. The van der Waals surface area contributed by atoms with Crippen LogP contribution in [-0.4, -0.2) is 11.0 Å². The van der Waals surface area contributed by atoms with Crippen LogP contribution in [-0.2, 0) is 11.2 Å². The van der Waals surface area contributed by atoms with Crippen LogP contribution >= 0.6 is 12.2 Å². The molecule has 5 heteroatoms. The van der Waals surface area contributed by atoms with Crippen molar-refractivity contribution in [2.75, 3.05) is 5.32 Å². The van der Waals surface area contributed by atoms with E-state index in [2.05, 4.69) is 10.6 Å². The number of benzene rings is 2. The monoisotopic (exact) mass is 302 g/mol. The van der Waals surface area contributed by atoms with Crippen LogP contribution in [0, 0.1) is 12.7 Å². The SMILES string of the molecule is Cc1ccccc1CC(=O)NC(=S)Nc1ccccc1F. The van der Waals surface area contributed by atoms with Crippen LogP contribution < -0.4 is 10.6 Å². The number of halogens is 1. The molecule has 0 aliphatic rings. The second-order valence-electron chi connectivity index (χ2n) is 4.59. The molecule has 0 fully saturated rings. The van der Waals surface area contributed by atoms with Gasteiger partial charge in [-0.3, -0.25) is 4.79 Å². The molecule has 2 rings (SSSR count). The number of hydrogen-bond acceptors (Lipinski definition) is 2. The number of rotatable bonds is 3. The smallest absolute Gasteiger partial charge is 0.230 e. The summed E-state index contributed by atoms with van der Waals surface area (Å²) in [6, 6.07) is 13.8. The Hall–Kier alpha value is -2.27. The minimum Gasteiger partial charge on any atom is -0.330 e. The number of carbonyl (C=O) groups excluding carboxylic acids is 1. The summed E-state index contributed by atoms with van der Waals surface area (Å²) in [5, 5.41) is 5.29. The van der Waals surface area contributed by atoms with Gasteiger partial charge in [-0.15, -0.1) is 0 Å². The summed E-state index contributed by atoms with van der Waals surface area (Å²) in [6.07, 6.45) is 0.228. The summed E-state index contributed by atoms with van der Waals surface area (Å²) in [4.78, 5) is 11.9. The number of hydrogen-bond donors (Lipinski definition) is 2. The van der Waals surface area contributed by atoms with E-state index in [1.165, 1.54) is 6.07 Å². The molecule has 2 aromatic carbocycles. The summed E-state index contributed by atoms with van der Waals surface area (Å²) < 4.78 is 13.5. The second-order valence-corrected chi connectivity index (χ2v) is 4.99. The fourth-order valence-electron chi connectivity index (χ4n) is 1.87. The van der Waals surface area contributed by atoms with Gasteiger partial charge in [0, 0.05) is 0 Å². The number of anilines is 1. The van der Waals surface area contributed by atoms with Crippen LogP contribution in [0.3, 0.4) is 0 Å². The van der Waals surface area contributed by atoms with E-state index in [0.29, 0.717) is 0 Å². The Balaban J connectivity index is 1.93. The lowest BCUT2D eigenvalue weighted by molar-refractivity contribution is -0.119. The highest BCUT2D eigenvalue weighted by Gasteiger charge is 2.09. The van der Waals surface area contributed by atoms with Gasteiger partial charge in [0.1, 0.15) is 5.82 Å². The number of amides is 1. The third-order valence-corrected chi connectivity index (χ3v) is 3.19. The minimum absolute atomic E-state index is 0.0821. The summed E-state index contributed by atoms with van der Waals surface area (Å²) in [5.74, 6) is -0.661. The maximum absolute atomic E-state index is 13.5. The molecule has 0 radical (unpaired) electrons. The average Bonchev–Trinajstić information content (AvgIpc) is 2.44. The number of thiocarbonyl (C=S) groups is 1. The van der Waals surface area contributed by atoms with Crippen molar-refractivity contribution in [1.82, 2.24) is 5.32 Å². The lowest BCUT2D eigenvalue weighted by Gasteiger charge is -2.11. The lowest BCUT2D eigenvalue weighted by Crippen LogP contribution is -2.35. The topological polar surface area (TPSA) is 41.1 Å². The first-order valence-corrected chi connectivity index (χ1v) is 6.87. The molecule has 0 saturated carbocycles. The molecule has 1 amide bonds. The first kappa shape index (κ1) is 15.1. The molecular weight excluding hydrogens is 287 g/mol. The van der Waals surface area contributed by atoms with E-state index in [4.69, 9.17) is 12.2 Å². The van der Waals surface area contributed by atoms with Crippen LogP contribution in [0.4, 0.5) is 10.1 Å². The number of para-hydroxylation sites is 1. The summed E-state index contributed by atoms with van der Waals surface area (Å²) in [5.41, 5.74) is 2.21. The molecule has 0 aliphatic carbocycles. The molecule has 0 heterocycles. The quantitative estimate of drug-likeness (QED) is 0.856. The average molecular weight is 302 g/mol. The van der Waals surface area contributed by atoms with E-state index in [1.807, 2.05) is 31.2 Å². The molecule has 0 aromatic heterocycles. The van der Waals surface area contributed by atoms with Gasteiger partial charge in [0.05, 0.1) is 12.1 Å². The van der Waals surface area contributed by atoms with Crippen molar-refractivity contribution in [3.8, 4) is 0 Å². The molecule has 0 saturated heterocycles. The van der Waals surface area contributed by atoms with Gasteiger partial charge in [0.25, 0.3) is 0 Å². The number of carbonyl (C=O) groups is 1. The highest BCUT2D eigenvalue weighted by molar-refractivity contribution is 7.80. The Morgan fingerprint density at radius 3 is 2.52 bits per heavy atom. The normalized spacial score (nSPS) is 10.0. The van der Waals surface area contributed by atoms with Gasteiger partial charge in [-0.1, -0.05) is 36.4 Å². The van der Waals surface area contributed by atoms with E-state index in [1.54, 1.807) is 18.2 Å². The van der Waals surface area contributed by atoms with Crippen molar-refractivity contribution in [3.05, 3.63) is 65.5 Å². The van der Waals surface area contributed by atoms with Crippen molar-refractivity contribution < 1.29 is 9.18 Å².